The van der Waals surface area contributed by atoms with Crippen molar-refractivity contribution in [2.24, 2.45) is 0 Å². The summed E-state index contributed by atoms with van der Waals surface area (Å²) in [5, 5.41) is 2.75. The number of rotatable bonds is 7. The maximum absolute atomic E-state index is 14.2. The van der Waals surface area contributed by atoms with Gasteiger partial charge in [-0.05, 0) is 52.6 Å². The van der Waals surface area contributed by atoms with Gasteiger partial charge in [0.2, 0.25) is 0 Å². The lowest BCUT2D eigenvalue weighted by atomic mass is 10.0. The molecule has 2 aliphatic rings. The molecule has 202 valence electrons. The van der Waals surface area contributed by atoms with E-state index in [-0.39, 0.29) is 18.0 Å². The highest BCUT2D eigenvalue weighted by molar-refractivity contribution is 5.85. The van der Waals surface area contributed by atoms with E-state index < -0.39 is 17.7 Å². The van der Waals surface area contributed by atoms with E-state index in [1.54, 1.807) is 0 Å². The van der Waals surface area contributed by atoms with E-state index in [9.17, 15) is 13.6 Å². The number of halogens is 2. The van der Waals surface area contributed by atoms with Crippen LogP contribution in [0.3, 0.4) is 0 Å². The molecule has 41 heavy (non-hydrogen) atoms. The molecule has 0 radical (unpaired) electrons. The van der Waals surface area contributed by atoms with Crippen molar-refractivity contribution in [2.75, 3.05) is 5.32 Å². The number of amides is 1. The highest BCUT2D eigenvalue weighted by atomic mass is 19.2. The van der Waals surface area contributed by atoms with Gasteiger partial charge in [0.15, 0.2) is 17.5 Å². The Balaban J connectivity index is 1.08. The number of aromatic nitrogens is 3. The van der Waals surface area contributed by atoms with Gasteiger partial charge in [0.05, 0.1) is 11.3 Å². The molecule has 0 saturated carbocycles. The highest BCUT2D eigenvalue weighted by Gasteiger charge is 2.17. The van der Waals surface area contributed by atoms with Gasteiger partial charge in [0.1, 0.15) is 12.3 Å². The van der Waals surface area contributed by atoms with Gasteiger partial charge in [-0.2, -0.15) is 0 Å². The lowest BCUT2D eigenvalue weighted by Crippen LogP contribution is -2.13. The third-order valence-corrected chi connectivity index (χ3v) is 6.62. The monoisotopic (exact) mass is 546 g/mol. The van der Waals surface area contributed by atoms with Gasteiger partial charge >= 0.3 is 6.09 Å². The SMILES string of the molecule is O=C(Nc1ccc(-c2ccc(Cn3ccc4nc(-c5cccc(F)c5F)nc-4c3)cc2)cc1)OCc1ccccc1. The number of imidazole rings is 1. The third-order valence-electron chi connectivity index (χ3n) is 6.62. The average molecular weight is 547 g/mol. The first-order chi connectivity index (χ1) is 20.0. The van der Waals surface area contributed by atoms with Crippen molar-refractivity contribution in [1.29, 1.82) is 0 Å². The summed E-state index contributed by atoms with van der Waals surface area (Å²) < 4.78 is 35.1. The minimum atomic E-state index is -0.956. The quantitative estimate of drug-likeness (QED) is 0.222. The second kappa shape index (κ2) is 11.4. The Kier molecular flexibility index (Phi) is 7.19. The fraction of sp³-hybridized carbons (Fsp3) is 0.0606. The van der Waals surface area contributed by atoms with Crippen molar-refractivity contribution in [1.82, 2.24) is 14.5 Å². The maximum atomic E-state index is 14.2. The Hall–Kier alpha value is -5.37. The molecule has 0 spiro atoms. The normalized spacial score (nSPS) is 11.0. The molecule has 4 aromatic carbocycles. The molecular formula is C33H24F2N4O2. The molecule has 6 rings (SSSR count). The first-order valence-electron chi connectivity index (χ1n) is 13.0. The maximum Gasteiger partial charge on any atom is 0.411 e. The molecule has 0 bridgehead atoms. The van der Waals surface area contributed by atoms with E-state index >= 15 is 0 Å². The number of fused-ring (bicyclic) bond motifs is 1. The Morgan fingerprint density at radius 1 is 0.756 bits per heavy atom. The number of anilines is 1. The molecule has 8 heteroatoms. The van der Waals surface area contributed by atoms with Gasteiger partial charge in [-0.15, -0.1) is 0 Å². The Morgan fingerprint density at radius 2 is 1.46 bits per heavy atom. The number of hydrogen-bond acceptors (Lipinski definition) is 4. The molecule has 0 saturated heterocycles. The second-order valence-electron chi connectivity index (χ2n) is 9.50. The molecule has 6 nitrogen and oxygen atoms in total. The van der Waals surface area contributed by atoms with Crippen molar-refractivity contribution in [3.05, 3.63) is 138 Å². The Morgan fingerprint density at radius 3 is 2.22 bits per heavy atom. The molecule has 2 aliphatic heterocycles. The van der Waals surface area contributed by atoms with E-state index in [1.165, 1.54) is 12.1 Å². The predicted molar refractivity (Wildman–Crippen MR) is 153 cm³/mol. The van der Waals surface area contributed by atoms with Crippen LogP contribution in [0, 0.1) is 11.6 Å². The summed E-state index contributed by atoms with van der Waals surface area (Å²) in [7, 11) is 0. The van der Waals surface area contributed by atoms with E-state index in [4.69, 9.17) is 4.74 Å². The lowest BCUT2D eigenvalue weighted by Gasteiger charge is -2.10. The van der Waals surface area contributed by atoms with E-state index in [0.29, 0.717) is 23.6 Å². The predicted octanol–water partition coefficient (Wildman–Crippen LogP) is 7.79. The van der Waals surface area contributed by atoms with Crippen molar-refractivity contribution in [2.45, 2.75) is 13.2 Å². The van der Waals surface area contributed by atoms with Crippen molar-refractivity contribution < 1.29 is 18.3 Å². The van der Waals surface area contributed by atoms with Crippen LogP contribution in [-0.4, -0.2) is 20.6 Å². The number of carbonyl (C=O) groups excluding carboxylic acids is 1. The summed E-state index contributed by atoms with van der Waals surface area (Å²) >= 11 is 0. The first kappa shape index (κ1) is 25.9. The average Bonchev–Trinajstić information content (AvgIpc) is 3.42. The van der Waals surface area contributed by atoms with E-state index in [0.717, 1.165) is 28.3 Å². The van der Waals surface area contributed by atoms with Crippen LogP contribution < -0.4 is 5.32 Å². The van der Waals surface area contributed by atoms with E-state index in [1.807, 2.05) is 102 Å². The summed E-state index contributed by atoms with van der Waals surface area (Å²) in [4.78, 5) is 20.9. The van der Waals surface area contributed by atoms with Gasteiger partial charge in [-0.1, -0.05) is 72.8 Å². The van der Waals surface area contributed by atoms with E-state index in [2.05, 4.69) is 15.3 Å². The third kappa shape index (κ3) is 5.96. The largest absolute Gasteiger partial charge is 0.444 e. The molecule has 0 aliphatic carbocycles. The van der Waals surface area contributed by atoms with Gasteiger partial charge in [0, 0.05) is 24.6 Å². The topological polar surface area (TPSA) is 69.0 Å². The summed E-state index contributed by atoms with van der Waals surface area (Å²) in [5.41, 5.74) is 5.94. The van der Waals surface area contributed by atoms with Crippen LogP contribution in [0.1, 0.15) is 11.1 Å². The van der Waals surface area contributed by atoms with Crippen LogP contribution in [0.25, 0.3) is 33.9 Å². The number of carbonyl (C=O) groups is 1. The fourth-order valence-electron chi connectivity index (χ4n) is 4.48. The Bertz CT molecular complexity index is 1770. The number of benzene rings is 4. The molecule has 0 fully saturated rings. The molecular weight excluding hydrogens is 522 g/mol. The summed E-state index contributed by atoms with van der Waals surface area (Å²) in [6.45, 7) is 0.806. The first-order valence-corrected chi connectivity index (χ1v) is 13.0. The van der Waals surface area contributed by atoms with Gasteiger partial charge < -0.3 is 9.30 Å². The summed E-state index contributed by atoms with van der Waals surface area (Å²) in [6, 6.07) is 31.0. The minimum Gasteiger partial charge on any atom is -0.444 e. The zero-order valence-electron chi connectivity index (χ0n) is 21.8. The lowest BCUT2D eigenvalue weighted by molar-refractivity contribution is 0.155. The van der Waals surface area contributed by atoms with Crippen LogP contribution in [-0.2, 0) is 17.9 Å². The van der Waals surface area contributed by atoms with Crippen LogP contribution in [0.2, 0.25) is 0 Å². The molecule has 2 heterocycles. The molecule has 1 N–H and O–H groups in total. The van der Waals surface area contributed by atoms with Gasteiger partial charge in [-0.3, -0.25) is 5.32 Å². The number of ether oxygens (including phenoxy) is 1. The number of nitrogens with zero attached hydrogens (tertiary/aromatic N) is 3. The number of nitrogens with one attached hydrogen (secondary N) is 1. The van der Waals surface area contributed by atoms with Crippen molar-refractivity contribution in [3.63, 3.8) is 0 Å². The smallest absolute Gasteiger partial charge is 0.411 e. The van der Waals surface area contributed by atoms with Gasteiger partial charge in [0.25, 0.3) is 0 Å². The zero-order chi connectivity index (χ0) is 28.2. The van der Waals surface area contributed by atoms with Crippen molar-refractivity contribution in [3.8, 4) is 33.9 Å². The molecule has 0 aromatic heterocycles. The number of pyridine rings is 1. The van der Waals surface area contributed by atoms with Crippen molar-refractivity contribution >= 4 is 11.8 Å². The minimum absolute atomic E-state index is 0.0372. The molecule has 0 atom stereocenters. The van der Waals surface area contributed by atoms with Gasteiger partial charge in [-0.25, -0.2) is 23.5 Å². The fourth-order valence-corrected chi connectivity index (χ4v) is 4.48. The molecule has 0 unspecified atom stereocenters. The van der Waals surface area contributed by atoms with Crippen LogP contribution in [0.4, 0.5) is 19.3 Å². The van der Waals surface area contributed by atoms with Crippen LogP contribution >= 0.6 is 0 Å². The van der Waals surface area contributed by atoms with Crippen LogP contribution in [0.5, 0.6) is 0 Å². The standard InChI is InChI=1S/C33H24F2N4O2/c34-28-8-4-7-27(31(28)35)32-37-29-17-18-39(20-30(29)38-32)19-22-9-11-24(12-10-22)25-13-15-26(16-14-25)36-33(40)41-21-23-5-2-1-3-6-23/h1-18,20H,19,21H2,(H,36,40). The zero-order valence-corrected chi connectivity index (χ0v) is 21.8. The summed E-state index contributed by atoms with van der Waals surface area (Å²) in [5.74, 6) is -1.73. The molecule has 1 amide bonds. The van der Waals surface area contributed by atoms with Crippen LogP contribution in [0.15, 0.2) is 116 Å². The number of hydrogen-bond donors (Lipinski definition) is 1. The summed E-state index contributed by atoms with van der Waals surface area (Å²) in [6.07, 6.45) is 3.22. The Labute approximate surface area is 235 Å². The molecule has 4 aromatic rings. The highest BCUT2D eigenvalue weighted by Crippen LogP contribution is 2.28. The second-order valence-corrected chi connectivity index (χ2v) is 9.50.